The molecule has 0 heterocycles. The highest BCUT2D eigenvalue weighted by molar-refractivity contribution is 8.11. The molecule has 0 spiro atoms. The third-order valence-electron chi connectivity index (χ3n) is 1.81. The molecule has 0 aliphatic heterocycles. The third kappa shape index (κ3) is 3.62. The van der Waals surface area contributed by atoms with Gasteiger partial charge in [-0.1, -0.05) is 23.7 Å². The van der Waals surface area contributed by atoms with Gasteiger partial charge in [0.05, 0.1) is 0 Å². The zero-order chi connectivity index (χ0) is 12.6. The number of rotatable bonds is 3. The van der Waals surface area contributed by atoms with E-state index in [9.17, 15) is 14.4 Å². The molecule has 0 saturated heterocycles. The van der Waals surface area contributed by atoms with E-state index in [-0.39, 0.29) is 5.56 Å². The average Bonchev–Trinajstić information content (AvgIpc) is 2.03. The first kappa shape index (κ1) is 14.3. The van der Waals surface area contributed by atoms with Gasteiger partial charge in [0.2, 0.25) is 6.49 Å². The number of hydrogen-bond acceptors (Lipinski definition) is 2. The maximum atomic E-state index is 11.2. The van der Waals surface area contributed by atoms with Gasteiger partial charge in [0.15, 0.2) is 5.40 Å². The molecule has 9 heteroatoms. The van der Waals surface area contributed by atoms with Crippen molar-refractivity contribution in [3.05, 3.63) is 34.9 Å². The van der Waals surface area contributed by atoms with Crippen molar-refractivity contribution in [2.45, 2.75) is 5.40 Å². The van der Waals surface area contributed by atoms with Crippen LogP contribution >= 0.6 is 25.7 Å². The van der Waals surface area contributed by atoms with Crippen molar-refractivity contribution < 1.29 is 24.1 Å². The lowest BCUT2D eigenvalue weighted by molar-refractivity contribution is 0.363. The normalized spacial score (nSPS) is 14.8. The second-order valence-corrected chi connectivity index (χ2v) is 8.95. The lowest BCUT2D eigenvalue weighted by atomic mass is 10.2. The zero-order valence-electron chi connectivity index (χ0n) is 7.76. The predicted molar refractivity (Wildman–Crippen MR) is 65.0 cm³/mol. The Balaban J connectivity index is 3.29. The summed E-state index contributed by atoms with van der Waals surface area (Å²) in [5.41, 5.74) is 0.0612. The second-order valence-electron chi connectivity index (χ2n) is 3.10. The average molecular weight is 303 g/mol. The molecule has 1 aromatic rings. The Morgan fingerprint density at radius 2 is 1.56 bits per heavy atom. The fourth-order valence-corrected chi connectivity index (χ4v) is 5.50. The molecule has 1 atom stereocenters. The quantitative estimate of drug-likeness (QED) is 0.636. The van der Waals surface area contributed by atoms with Gasteiger partial charge >= 0.3 is 7.60 Å². The van der Waals surface area contributed by atoms with E-state index < -0.39 is 19.5 Å². The minimum atomic E-state index is -4.73. The van der Waals surface area contributed by atoms with E-state index in [0.717, 1.165) is 0 Å². The van der Waals surface area contributed by atoms with E-state index >= 15 is 0 Å². The van der Waals surface area contributed by atoms with E-state index in [4.69, 9.17) is 21.4 Å². The minimum Gasteiger partial charge on any atom is -0.344 e. The van der Waals surface area contributed by atoms with Crippen molar-refractivity contribution in [2.75, 3.05) is 0 Å². The molecule has 5 nitrogen and oxygen atoms in total. The van der Waals surface area contributed by atoms with Crippen LogP contribution in [0.1, 0.15) is 11.0 Å². The Hall–Kier alpha value is 0.230. The molecular formula is C7H9ClO5P2S. The molecule has 0 aromatic heterocycles. The Morgan fingerprint density at radius 1 is 1.12 bits per heavy atom. The lowest BCUT2D eigenvalue weighted by Gasteiger charge is -2.22. The molecule has 1 rings (SSSR count). The first-order valence-electron chi connectivity index (χ1n) is 3.98. The molecule has 4 N–H and O–H groups in total. The fourth-order valence-electron chi connectivity index (χ4n) is 1.22. The van der Waals surface area contributed by atoms with E-state index in [2.05, 4.69) is 11.8 Å². The van der Waals surface area contributed by atoms with Gasteiger partial charge in [0.25, 0.3) is 0 Å². The van der Waals surface area contributed by atoms with Gasteiger partial charge < -0.3 is 19.6 Å². The smallest absolute Gasteiger partial charge is 0.342 e. The summed E-state index contributed by atoms with van der Waals surface area (Å²) in [6.07, 6.45) is 0. The van der Waals surface area contributed by atoms with Crippen LogP contribution in [-0.4, -0.2) is 19.6 Å². The van der Waals surface area contributed by atoms with Crippen LogP contribution in [0.15, 0.2) is 24.3 Å². The molecule has 0 bridgehead atoms. The topological polar surface area (TPSA) is 98.0 Å². The summed E-state index contributed by atoms with van der Waals surface area (Å²) in [6, 6.07) is 5.40. The number of benzene rings is 1. The maximum Gasteiger partial charge on any atom is 0.342 e. The third-order valence-corrected chi connectivity index (χ3v) is 6.90. The molecular weight excluding hydrogens is 294 g/mol. The summed E-state index contributed by atoms with van der Waals surface area (Å²) in [5, 5.41) is -1.40. The van der Waals surface area contributed by atoms with E-state index in [1.807, 2.05) is 0 Å². The molecule has 1 unspecified atom stereocenters. The highest BCUT2D eigenvalue weighted by Gasteiger charge is 2.40. The number of halogens is 1. The van der Waals surface area contributed by atoms with Crippen LogP contribution in [-0.2, 0) is 16.4 Å². The summed E-state index contributed by atoms with van der Waals surface area (Å²) < 4.78 is 11.2. The Kier molecular flexibility index (Phi) is 4.33. The van der Waals surface area contributed by atoms with Crippen molar-refractivity contribution in [3.63, 3.8) is 0 Å². The van der Waals surface area contributed by atoms with Gasteiger partial charge in [0, 0.05) is 5.02 Å². The van der Waals surface area contributed by atoms with Crippen molar-refractivity contribution in [2.24, 2.45) is 0 Å². The lowest BCUT2D eigenvalue weighted by Crippen LogP contribution is -2.00. The highest BCUT2D eigenvalue weighted by Crippen LogP contribution is 2.69. The van der Waals surface area contributed by atoms with Gasteiger partial charge in [-0.05, 0) is 29.5 Å². The first-order chi connectivity index (χ1) is 7.12. The number of hydrogen-bond donors (Lipinski definition) is 4. The van der Waals surface area contributed by atoms with E-state index in [1.54, 1.807) is 0 Å². The van der Waals surface area contributed by atoms with Crippen LogP contribution < -0.4 is 0 Å². The standard InChI is InChI=1S/C7H9ClO5P2S/c8-6-3-1-5(2-4-6)7(14(9,10)11)15(12,13)16/h1-4,7H,(H2,9,10,11)(H2,12,13,16). The van der Waals surface area contributed by atoms with Gasteiger partial charge in [-0.15, -0.1) is 0 Å². The molecule has 0 aliphatic rings. The predicted octanol–water partition coefficient (Wildman–Crippen LogP) is 1.81. The van der Waals surface area contributed by atoms with Crippen molar-refractivity contribution in [1.82, 2.24) is 0 Å². The molecule has 1 aromatic carbocycles. The molecule has 90 valence electrons. The van der Waals surface area contributed by atoms with Crippen LogP contribution in [0.2, 0.25) is 5.02 Å². The van der Waals surface area contributed by atoms with E-state index in [0.29, 0.717) is 5.02 Å². The van der Waals surface area contributed by atoms with Gasteiger partial charge in [-0.2, -0.15) is 0 Å². The second kappa shape index (κ2) is 4.84. The molecule has 0 amide bonds. The van der Waals surface area contributed by atoms with Gasteiger partial charge in [-0.3, -0.25) is 4.57 Å². The Labute approximate surface area is 102 Å². The van der Waals surface area contributed by atoms with Gasteiger partial charge in [-0.25, -0.2) is 0 Å². The first-order valence-corrected chi connectivity index (χ1v) is 8.82. The fraction of sp³-hybridized carbons (Fsp3) is 0.143. The maximum absolute atomic E-state index is 11.2. The van der Waals surface area contributed by atoms with Crippen LogP contribution in [0.4, 0.5) is 0 Å². The van der Waals surface area contributed by atoms with Crippen molar-refractivity contribution in [3.8, 4) is 0 Å². The zero-order valence-corrected chi connectivity index (χ0v) is 11.1. The summed E-state index contributed by atoms with van der Waals surface area (Å²) in [6.45, 7) is -4.11. The Morgan fingerprint density at radius 3 is 1.88 bits per heavy atom. The molecule has 16 heavy (non-hydrogen) atoms. The van der Waals surface area contributed by atoms with Crippen LogP contribution in [0.25, 0.3) is 0 Å². The largest absolute Gasteiger partial charge is 0.344 e. The molecule has 0 radical (unpaired) electrons. The SMILES string of the molecule is O=P(O)(O)C(c1ccc(Cl)cc1)P(O)(O)=S. The van der Waals surface area contributed by atoms with Crippen LogP contribution in [0.5, 0.6) is 0 Å². The van der Waals surface area contributed by atoms with Gasteiger partial charge in [0.1, 0.15) is 0 Å². The summed E-state index contributed by atoms with van der Waals surface area (Å²) in [5.74, 6) is 0. The molecule has 0 aliphatic carbocycles. The van der Waals surface area contributed by atoms with Crippen LogP contribution in [0.3, 0.4) is 0 Å². The minimum absolute atomic E-state index is 0.0612. The molecule has 0 fully saturated rings. The highest BCUT2D eigenvalue weighted by atomic mass is 35.5. The summed E-state index contributed by atoms with van der Waals surface area (Å²) >= 11 is 9.98. The summed E-state index contributed by atoms with van der Waals surface area (Å²) in [4.78, 5) is 36.7. The van der Waals surface area contributed by atoms with Crippen LogP contribution in [0, 0.1) is 0 Å². The van der Waals surface area contributed by atoms with Crippen molar-refractivity contribution >= 4 is 37.5 Å². The van der Waals surface area contributed by atoms with Crippen molar-refractivity contribution in [1.29, 1.82) is 0 Å². The summed E-state index contributed by atoms with van der Waals surface area (Å²) in [7, 11) is -4.73. The monoisotopic (exact) mass is 302 g/mol. The molecule has 0 saturated carbocycles. The Bertz CT molecular complexity index is 442. The van der Waals surface area contributed by atoms with E-state index in [1.165, 1.54) is 24.3 Å².